The average Bonchev–Trinajstić information content (AvgIpc) is 3.13. The van der Waals surface area contributed by atoms with Gasteiger partial charge in [-0.15, -0.1) is 5.11 Å². The van der Waals surface area contributed by atoms with Gasteiger partial charge in [-0.3, -0.25) is 4.90 Å². The van der Waals surface area contributed by atoms with Crippen molar-refractivity contribution in [3.63, 3.8) is 0 Å². The first-order valence-electron chi connectivity index (χ1n) is 11.5. The average molecular weight is 429 g/mol. The molecule has 5 nitrogen and oxygen atoms in total. The number of phenolic OH excluding ortho intramolecular Hbond substituents is 1. The van der Waals surface area contributed by atoms with Gasteiger partial charge in [0.2, 0.25) is 0 Å². The highest BCUT2D eigenvalue weighted by Gasteiger charge is 2.15. The molecule has 1 heterocycles. The van der Waals surface area contributed by atoms with E-state index in [4.69, 9.17) is 0 Å². The summed E-state index contributed by atoms with van der Waals surface area (Å²) in [6.45, 7) is 14.2. The fourth-order valence-electron chi connectivity index (χ4n) is 4.48. The Morgan fingerprint density at radius 2 is 1.59 bits per heavy atom. The molecule has 32 heavy (non-hydrogen) atoms. The number of rotatable bonds is 7. The smallest absolute Gasteiger partial charge is 0.146 e. The lowest BCUT2D eigenvalue weighted by atomic mass is 10.0. The fourth-order valence-corrected chi connectivity index (χ4v) is 4.48. The van der Waals surface area contributed by atoms with E-state index in [-0.39, 0.29) is 5.75 Å². The van der Waals surface area contributed by atoms with Gasteiger partial charge in [0.25, 0.3) is 0 Å². The normalized spacial score (nSPS) is 12.1. The molecule has 0 atom stereocenters. The Morgan fingerprint density at radius 1 is 0.875 bits per heavy atom. The minimum Gasteiger partial charge on any atom is -0.505 e. The SMILES string of the molecule is CCN(CC)Cc1cc(C)c(O)c(N=Nc2ccc3c(c2)c2ccccc2n3CC)c1C. The highest BCUT2D eigenvalue weighted by atomic mass is 16.3. The van der Waals surface area contributed by atoms with Crippen LogP contribution in [0.5, 0.6) is 5.75 Å². The van der Waals surface area contributed by atoms with Crippen LogP contribution < -0.4 is 0 Å². The highest BCUT2D eigenvalue weighted by Crippen LogP contribution is 2.38. The van der Waals surface area contributed by atoms with Gasteiger partial charge >= 0.3 is 0 Å². The number of phenols is 1. The lowest BCUT2D eigenvalue weighted by Crippen LogP contribution is -2.22. The van der Waals surface area contributed by atoms with Crippen LogP contribution in [0.2, 0.25) is 0 Å². The van der Waals surface area contributed by atoms with Crippen LogP contribution in [-0.4, -0.2) is 27.7 Å². The van der Waals surface area contributed by atoms with Gasteiger partial charge in [0.05, 0.1) is 5.69 Å². The Bertz CT molecular complexity index is 1300. The molecule has 0 radical (unpaired) electrons. The second-order valence-electron chi connectivity index (χ2n) is 8.30. The molecule has 4 rings (SSSR count). The highest BCUT2D eigenvalue weighted by molar-refractivity contribution is 6.08. The third-order valence-electron chi connectivity index (χ3n) is 6.45. The Kier molecular flexibility index (Phi) is 6.28. The van der Waals surface area contributed by atoms with Crippen LogP contribution in [0.15, 0.2) is 58.8 Å². The summed E-state index contributed by atoms with van der Waals surface area (Å²) in [5.41, 5.74) is 6.75. The zero-order valence-corrected chi connectivity index (χ0v) is 19.7. The maximum Gasteiger partial charge on any atom is 0.146 e. The predicted octanol–water partition coefficient (Wildman–Crippen LogP) is 7.39. The molecule has 0 bridgehead atoms. The zero-order valence-electron chi connectivity index (χ0n) is 19.7. The molecule has 0 aliphatic carbocycles. The monoisotopic (exact) mass is 428 g/mol. The van der Waals surface area contributed by atoms with E-state index in [9.17, 15) is 5.11 Å². The van der Waals surface area contributed by atoms with Gasteiger partial charge in [-0.25, -0.2) is 0 Å². The van der Waals surface area contributed by atoms with Crippen molar-refractivity contribution < 1.29 is 5.11 Å². The van der Waals surface area contributed by atoms with Gasteiger partial charge in [0, 0.05) is 34.9 Å². The van der Waals surface area contributed by atoms with Gasteiger partial charge in [0.1, 0.15) is 11.4 Å². The first kappa shape index (κ1) is 22.0. The Balaban J connectivity index is 1.76. The molecule has 0 saturated heterocycles. The van der Waals surface area contributed by atoms with Crippen LogP contribution in [0.4, 0.5) is 11.4 Å². The van der Waals surface area contributed by atoms with E-state index in [1.807, 2.05) is 19.9 Å². The van der Waals surface area contributed by atoms with Gasteiger partial charge in [0.15, 0.2) is 0 Å². The topological polar surface area (TPSA) is 53.1 Å². The molecule has 3 aromatic carbocycles. The lowest BCUT2D eigenvalue weighted by molar-refractivity contribution is 0.295. The van der Waals surface area contributed by atoms with Crippen LogP contribution in [-0.2, 0) is 13.1 Å². The standard InChI is InChI=1S/C27H32N4O/c1-6-30(7-2)17-20-15-18(4)27(32)26(19(20)5)29-28-21-13-14-25-23(16-21)22-11-9-10-12-24(22)31(25)8-3/h9-16,32H,6-8,17H2,1-5H3. The number of para-hydroxylation sites is 1. The fraction of sp³-hybridized carbons (Fsp3) is 0.333. The van der Waals surface area contributed by atoms with Crippen molar-refractivity contribution in [2.75, 3.05) is 13.1 Å². The van der Waals surface area contributed by atoms with Crippen LogP contribution >= 0.6 is 0 Å². The molecule has 0 unspecified atom stereocenters. The van der Waals surface area contributed by atoms with Gasteiger partial charge < -0.3 is 9.67 Å². The number of azo groups is 1. The largest absolute Gasteiger partial charge is 0.505 e. The number of fused-ring (bicyclic) bond motifs is 3. The summed E-state index contributed by atoms with van der Waals surface area (Å²) in [5, 5.41) is 22.2. The van der Waals surface area contributed by atoms with Crippen molar-refractivity contribution in [2.45, 2.75) is 47.7 Å². The van der Waals surface area contributed by atoms with Crippen molar-refractivity contribution in [1.82, 2.24) is 9.47 Å². The molecular formula is C27H32N4O. The molecule has 0 fully saturated rings. The van der Waals surface area contributed by atoms with Crippen molar-refractivity contribution >= 4 is 33.2 Å². The summed E-state index contributed by atoms with van der Waals surface area (Å²) in [5.74, 6) is 0.207. The lowest BCUT2D eigenvalue weighted by Gasteiger charge is -2.21. The van der Waals surface area contributed by atoms with Gasteiger partial charge in [-0.2, -0.15) is 5.11 Å². The summed E-state index contributed by atoms with van der Waals surface area (Å²) in [6, 6.07) is 16.7. The van der Waals surface area contributed by atoms with Crippen LogP contribution in [0, 0.1) is 13.8 Å². The second-order valence-corrected chi connectivity index (χ2v) is 8.30. The molecule has 0 aliphatic heterocycles. The number of aromatic hydroxyl groups is 1. The summed E-state index contributed by atoms with van der Waals surface area (Å²) in [7, 11) is 0. The third-order valence-corrected chi connectivity index (χ3v) is 6.45. The number of benzene rings is 3. The predicted molar refractivity (Wildman–Crippen MR) is 133 cm³/mol. The Labute approximate surface area is 190 Å². The number of hydrogen-bond donors (Lipinski definition) is 1. The molecule has 5 heteroatoms. The minimum absolute atomic E-state index is 0.207. The first-order chi connectivity index (χ1) is 15.5. The maximum absolute atomic E-state index is 10.7. The Hall–Kier alpha value is -3.18. The van der Waals surface area contributed by atoms with E-state index in [1.165, 1.54) is 27.4 Å². The zero-order chi connectivity index (χ0) is 22.8. The molecule has 1 aromatic heterocycles. The Morgan fingerprint density at radius 3 is 2.31 bits per heavy atom. The van der Waals surface area contributed by atoms with Crippen LogP contribution in [0.25, 0.3) is 21.8 Å². The van der Waals surface area contributed by atoms with Crippen LogP contribution in [0.1, 0.15) is 37.5 Å². The number of nitrogens with zero attached hydrogens (tertiary/aromatic N) is 4. The summed E-state index contributed by atoms with van der Waals surface area (Å²) >= 11 is 0. The molecule has 0 saturated carbocycles. The molecule has 1 N–H and O–H groups in total. The molecular weight excluding hydrogens is 396 g/mol. The second kappa shape index (κ2) is 9.13. The number of hydrogen-bond acceptors (Lipinski definition) is 4. The van der Waals surface area contributed by atoms with E-state index in [2.05, 4.69) is 82.9 Å². The van der Waals surface area contributed by atoms with E-state index < -0.39 is 0 Å². The molecule has 166 valence electrons. The quantitative estimate of drug-likeness (QED) is 0.312. The maximum atomic E-state index is 10.7. The van der Waals surface area contributed by atoms with E-state index >= 15 is 0 Å². The van der Waals surface area contributed by atoms with E-state index in [1.54, 1.807) is 0 Å². The summed E-state index contributed by atoms with van der Waals surface area (Å²) < 4.78 is 2.32. The van der Waals surface area contributed by atoms with Crippen molar-refractivity contribution in [3.8, 4) is 5.75 Å². The molecule has 4 aromatic rings. The third kappa shape index (κ3) is 3.89. The van der Waals surface area contributed by atoms with Crippen molar-refractivity contribution in [3.05, 3.63) is 65.2 Å². The van der Waals surface area contributed by atoms with E-state index in [0.29, 0.717) is 5.69 Å². The van der Waals surface area contributed by atoms with Crippen LogP contribution in [0.3, 0.4) is 0 Å². The summed E-state index contributed by atoms with van der Waals surface area (Å²) in [6.07, 6.45) is 0. The molecule has 0 spiro atoms. The van der Waals surface area contributed by atoms with Crippen molar-refractivity contribution in [2.24, 2.45) is 10.2 Å². The van der Waals surface area contributed by atoms with Crippen molar-refractivity contribution in [1.29, 1.82) is 0 Å². The summed E-state index contributed by atoms with van der Waals surface area (Å²) in [4.78, 5) is 2.36. The first-order valence-corrected chi connectivity index (χ1v) is 11.5. The molecule has 0 amide bonds. The van der Waals surface area contributed by atoms with E-state index in [0.717, 1.165) is 43.0 Å². The number of aromatic nitrogens is 1. The molecule has 0 aliphatic rings. The van der Waals surface area contributed by atoms with Gasteiger partial charge in [-0.05, 0) is 74.8 Å². The minimum atomic E-state index is 0.207. The number of aryl methyl sites for hydroxylation is 2. The van der Waals surface area contributed by atoms with Gasteiger partial charge in [-0.1, -0.05) is 38.1 Å².